The molecule has 3 saturated heterocycles. The van der Waals surface area contributed by atoms with E-state index < -0.39 is 62.2 Å². The molecule has 3 aliphatic heterocycles. The Morgan fingerprint density at radius 3 is 2.64 bits per heavy atom. The number of hydrogen-bond acceptors (Lipinski definition) is 9. The van der Waals surface area contributed by atoms with Gasteiger partial charge in [-0.25, -0.2) is 13.2 Å². The first-order valence-corrected chi connectivity index (χ1v) is 16.0. The highest BCUT2D eigenvalue weighted by molar-refractivity contribution is 8.03. The first-order valence-electron chi connectivity index (χ1n) is 15.2. The van der Waals surface area contributed by atoms with Crippen molar-refractivity contribution in [2.45, 2.75) is 61.0 Å². The Balaban J connectivity index is 1.37. The highest BCUT2D eigenvalue weighted by Crippen LogP contribution is 2.49. The molecule has 3 aromatic rings. The molecule has 2 atom stereocenters. The number of nitrogens with zero attached hydrogens (tertiary/aromatic N) is 4. The normalized spacial score (nSPS) is 23.7. The number of nitrogens with two attached hydrogens (primary N) is 1. The van der Waals surface area contributed by atoms with Crippen molar-refractivity contribution in [2.24, 2.45) is 11.1 Å². The van der Waals surface area contributed by atoms with Crippen molar-refractivity contribution < 1.29 is 35.8 Å². The molecule has 8 nitrogen and oxygen atoms in total. The predicted molar refractivity (Wildman–Crippen MR) is 161 cm³/mol. The van der Waals surface area contributed by atoms with Crippen LogP contribution in [0.15, 0.2) is 34.7 Å². The van der Waals surface area contributed by atoms with Crippen LogP contribution in [0.5, 0.6) is 11.9 Å². The molecule has 3 N–H and O–H groups in total. The Bertz CT molecular complexity index is 1820. The minimum Gasteiger partial charge on any atom is -0.474 e. The van der Waals surface area contributed by atoms with Crippen LogP contribution in [0, 0.1) is 28.4 Å². The molecule has 2 unspecified atom stereocenters. The van der Waals surface area contributed by atoms with E-state index in [0.717, 1.165) is 31.6 Å². The number of ether oxygens (including phenoxy) is 2. The molecule has 2 aromatic carbocycles. The number of rotatable bonds is 8. The average Bonchev–Trinajstić information content (AvgIpc) is 3.48. The molecule has 4 heterocycles. The second-order valence-corrected chi connectivity index (χ2v) is 14.1. The van der Waals surface area contributed by atoms with Gasteiger partial charge in [-0.15, -0.1) is 0 Å². The first-order chi connectivity index (χ1) is 22.3. The lowest BCUT2D eigenvalue weighted by Gasteiger charge is -2.53. The number of fused-ring (bicyclic) bond motifs is 2. The van der Waals surface area contributed by atoms with Crippen molar-refractivity contribution in [1.29, 1.82) is 5.26 Å². The monoisotopic (exact) mass is 676 g/mol. The number of hydrogen-bond donors (Lipinski definition) is 2. The lowest BCUT2D eigenvalue weighted by molar-refractivity contribution is -0.137. The van der Waals surface area contributed by atoms with Gasteiger partial charge in [0.05, 0.1) is 32.0 Å². The summed E-state index contributed by atoms with van der Waals surface area (Å²) in [4.78, 5) is 10.1. The lowest BCUT2D eigenvalue weighted by Crippen LogP contribution is -2.62. The third-order valence-electron chi connectivity index (χ3n) is 9.74. The molecule has 0 bridgehead atoms. The third kappa shape index (κ3) is 5.53. The maximum Gasteiger partial charge on any atom is 0.417 e. The number of aromatic nitrogens is 2. The molecule has 1 saturated carbocycles. The molecular formula is C32H30F6N6O2S. The van der Waals surface area contributed by atoms with E-state index in [1.165, 1.54) is 0 Å². The summed E-state index contributed by atoms with van der Waals surface area (Å²) in [5.41, 5.74) is 1.04. The van der Waals surface area contributed by atoms with Gasteiger partial charge in [0.15, 0.2) is 5.82 Å². The molecule has 47 heavy (non-hydrogen) atoms. The highest BCUT2D eigenvalue weighted by Gasteiger charge is 2.51. The Morgan fingerprint density at radius 1 is 1.21 bits per heavy atom. The van der Waals surface area contributed by atoms with Crippen LogP contribution in [0.2, 0.25) is 0 Å². The van der Waals surface area contributed by atoms with Gasteiger partial charge in [0.1, 0.15) is 36.3 Å². The largest absolute Gasteiger partial charge is 0.474 e. The number of thioether (sulfide) groups is 1. The zero-order valence-electron chi connectivity index (χ0n) is 25.0. The van der Waals surface area contributed by atoms with Gasteiger partial charge in [-0.3, -0.25) is 4.90 Å². The van der Waals surface area contributed by atoms with Crippen LogP contribution < -0.4 is 20.5 Å². The van der Waals surface area contributed by atoms with E-state index in [4.69, 9.17) is 15.2 Å². The number of nitriles is 1. The third-order valence-corrected chi connectivity index (χ3v) is 10.6. The first kappa shape index (κ1) is 31.8. The number of nitrogens with one attached hydrogen (secondary N) is 1. The molecule has 1 aromatic heterocycles. The minimum atomic E-state index is -5.11. The molecule has 15 heteroatoms. The fourth-order valence-corrected chi connectivity index (χ4v) is 8.18. The fraction of sp³-hybridized carbons (Fsp3) is 0.469. The van der Waals surface area contributed by atoms with Gasteiger partial charge in [0, 0.05) is 42.6 Å². The maximum atomic E-state index is 16.7. The standard InChI is InChI=1S/C32H30F6N6O2S/c1-16(40)47-27-21(11-39)19(3-4-23(27)34)24-22(32(36,37)38)7-20-26(25(24)35)42-29(43-28(20)46-18-9-30(10-18)13-41-14-30)45-15-31-5-2-6-44(31)12-17(33)8-31/h3-4,7,17-18,41H,1-2,5-6,8-10,12-15,40H2. The van der Waals surface area contributed by atoms with Crippen molar-refractivity contribution in [3.05, 3.63) is 52.6 Å². The molecule has 4 aliphatic rings. The summed E-state index contributed by atoms with van der Waals surface area (Å²) in [5, 5.41) is 12.7. The van der Waals surface area contributed by atoms with Gasteiger partial charge in [0.2, 0.25) is 5.88 Å². The van der Waals surface area contributed by atoms with Gasteiger partial charge >= 0.3 is 12.2 Å². The number of halogens is 6. The molecule has 4 fully saturated rings. The topological polar surface area (TPSA) is 109 Å². The quantitative estimate of drug-likeness (QED) is 0.217. The van der Waals surface area contributed by atoms with E-state index >= 15 is 4.39 Å². The van der Waals surface area contributed by atoms with Crippen LogP contribution >= 0.6 is 11.8 Å². The van der Waals surface area contributed by atoms with Crippen LogP contribution in [0.4, 0.5) is 26.3 Å². The van der Waals surface area contributed by atoms with Gasteiger partial charge < -0.3 is 20.5 Å². The highest BCUT2D eigenvalue weighted by atomic mass is 32.2. The zero-order valence-corrected chi connectivity index (χ0v) is 25.8. The average molecular weight is 677 g/mol. The van der Waals surface area contributed by atoms with Gasteiger partial charge in [-0.05, 0) is 50.4 Å². The van der Waals surface area contributed by atoms with E-state index in [-0.39, 0.29) is 53.4 Å². The summed E-state index contributed by atoms with van der Waals surface area (Å²) in [6.07, 6.45) is -3.49. The molecule has 1 spiro atoms. The summed E-state index contributed by atoms with van der Waals surface area (Å²) in [5.74, 6) is -2.64. The van der Waals surface area contributed by atoms with Crippen LogP contribution in [-0.2, 0) is 6.18 Å². The van der Waals surface area contributed by atoms with E-state index in [1.807, 2.05) is 4.90 Å². The minimum absolute atomic E-state index is 0.00815. The molecule has 1 aliphatic carbocycles. The van der Waals surface area contributed by atoms with E-state index in [0.29, 0.717) is 43.6 Å². The zero-order chi connectivity index (χ0) is 33.3. The summed E-state index contributed by atoms with van der Waals surface area (Å²) in [6, 6.07) is 3.80. The Morgan fingerprint density at radius 2 is 1.98 bits per heavy atom. The van der Waals surface area contributed by atoms with Crippen molar-refractivity contribution in [3.63, 3.8) is 0 Å². The second-order valence-electron chi connectivity index (χ2n) is 12.9. The summed E-state index contributed by atoms with van der Waals surface area (Å²) < 4.78 is 102. The number of benzene rings is 2. The van der Waals surface area contributed by atoms with E-state index in [9.17, 15) is 27.2 Å². The molecule has 0 radical (unpaired) electrons. The maximum absolute atomic E-state index is 16.7. The number of alkyl halides is 4. The van der Waals surface area contributed by atoms with Gasteiger partial charge in [-0.2, -0.15) is 28.4 Å². The fourth-order valence-electron chi connectivity index (χ4n) is 7.49. The van der Waals surface area contributed by atoms with Crippen molar-refractivity contribution in [2.75, 3.05) is 32.8 Å². The van der Waals surface area contributed by atoms with Crippen LogP contribution in [0.25, 0.3) is 22.0 Å². The van der Waals surface area contributed by atoms with Crippen LogP contribution in [0.1, 0.15) is 43.2 Å². The molecule has 248 valence electrons. The summed E-state index contributed by atoms with van der Waals surface area (Å²) in [6.45, 7) is 6.02. The second kappa shape index (κ2) is 11.5. The molecule has 7 rings (SSSR count). The smallest absolute Gasteiger partial charge is 0.417 e. The van der Waals surface area contributed by atoms with Crippen molar-refractivity contribution >= 4 is 22.7 Å². The summed E-state index contributed by atoms with van der Waals surface area (Å²) >= 11 is 0.542. The van der Waals surface area contributed by atoms with Crippen LogP contribution in [0.3, 0.4) is 0 Å². The Labute approximate surface area is 270 Å². The van der Waals surface area contributed by atoms with Crippen molar-refractivity contribution in [1.82, 2.24) is 20.2 Å². The van der Waals surface area contributed by atoms with Crippen molar-refractivity contribution in [3.8, 4) is 29.1 Å². The van der Waals surface area contributed by atoms with Gasteiger partial charge in [-0.1, -0.05) is 18.3 Å². The van der Waals surface area contributed by atoms with E-state index in [1.54, 1.807) is 6.07 Å². The Hall–Kier alpha value is -3.74. The summed E-state index contributed by atoms with van der Waals surface area (Å²) in [7, 11) is 0. The van der Waals surface area contributed by atoms with Crippen LogP contribution in [-0.4, -0.2) is 65.5 Å². The molecule has 0 amide bonds. The Kier molecular flexibility index (Phi) is 7.76. The van der Waals surface area contributed by atoms with E-state index in [2.05, 4.69) is 21.9 Å². The van der Waals surface area contributed by atoms with Gasteiger partial charge in [0.25, 0.3) is 0 Å². The SMILES string of the molecule is C=C(N)Sc1c(F)ccc(-c2c(C(F)(F)F)cc3c(OC4CC5(CNC5)C4)nc(OCC45CCCN4CC(F)C5)nc3c2F)c1C#N. The predicted octanol–water partition coefficient (Wildman–Crippen LogP) is 6.07. The lowest BCUT2D eigenvalue weighted by atomic mass is 9.63. The molecular weight excluding hydrogens is 646 g/mol.